The first-order valence-electron chi connectivity index (χ1n) is 11.8. The van der Waals surface area contributed by atoms with E-state index < -0.39 is 36.0 Å². The third-order valence-corrected chi connectivity index (χ3v) is 6.68. The van der Waals surface area contributed by atoms with Crippen LogP contribution >= 0.6 is 0 Å². The summed E-state index contributed by atoms with van der Waals surface area (Å²) in [5, 5.41) is 11.8. The van der Waals surface area contributed by atoms with Crippen molar-refractivity contribution in [1.29, 1.82) is 0 Å². The SMILES string of the molecule is CC(ONC(=O)[C@@H]1CCCCC[C@@H]1NC(=O)OCC1c2ccccc2-c2ccccc21)C(=O)O. The number of carboxylic acids is 1. The van der Waals surface area contributed by atoms with Gasteiger partial charge in [0.1, 0.15) is 6.61 Å². The zero-order chi connectivity index (χ0) is 24.1. The molecule has 1 saturated carbocycles. The number of hydrogen-bond donors (Lipinski definition) is 3. The largest absolute Gasteiger partial charge is 0.479 e. The number of ether oxygens (including phenoxy) is 1. The molecule has 0 radical (unpaired) electrons. The molecule has 180 valence electrons. The molecule has 0 spiro atoms. The van der Waals surface area contributed by atoms with E-state index >= 15 is 0 Å². The van der Waals surface area contributed by atoms with Gasteiger partial charge < -0.3 is 15.2 Å². The van der Waals surface area contributed by atoms with Crippen LogP contribution in [0.2, 0.25) is 0 Å². The van der Waals surface area contributed by atoms with Crippen molar-refractivity contribution in [3.63, 3.8) is 0 Å². The van der Waals surface area contributed by atoms with E-state index in [0.29, 0.717) is 12.8 Å². The second kappa shape index (κ2) is 10.7. The Hall–Kier alpha value is -3.39. The van der Waals surface area contributed by atoms with E-state index in [1.165, 1.54) is 6.92 Å². The highest BCUT2D eigenvalue weighted by Crippen LogP contribution is 2.44. The first kappa shape index (κ1) is 23.8. The Balaban J connectivity index is 1.38. The lowest BCUT2D eigenvalue weighted by Crippen LogP contribution is -2.47. The van der Waals surface area contributed by atoms with Crippen LogP contribution < -0.4 is 10.8 Å². The lowest BCUT2D eigenvalue weighted by Gasteiger charge is -2.25. The summed E-state index contributed by atoms with van der Waals surface area (Å²) in [6, 6.07) is 15.8. The van der Waals surface area contributed by atoms with E-state index in [9.17, 15) is 14.4 Å². The molecular formula is C26H30N2O6. The fraction of sp³-hybridized carbons (Fsp3) is 0.423. The van der Waals surface area contributed by atoms with Crippen LogP contribution in [0.1, 0.15) is 56.1 Å². The van der Waals surface area contributed by atoms with Crippen molar-refractivity contribution in [2.45, 2.75) is 57.1 Å². The fourth-order valence-electron chi connectivity index (χ4n) is 4.86. The number of nitrogens with one attached hydrogen (secondary N) is 2. The molecule has 8 nitrogen and oxygen atoms in total. The number of rotatable bonds is 7. The summed E-state index contributed by atoms with van der Waals surface area (Å²) in [5.41, 5.74) is 6.83. The number of alkyl carbamates (subject to hydrolysis) is 1. The molecule has 0 saturated heterocycles. The monoisotopic (exact) mass is 466 g/mol. The van der Waals surface area contributed by atoms with Crippen molar-refractivity contribution in [2.24, 2.45) is 5.92 Å². The van der Waals surface area contributed by atoms with Crippen LogP contribution in [-0.4, -0.2) is 41.8 Å². The Labute approximate surface area is 198 Å². The zero-order valence-electron chi connectivity index (χ0n) is 19.2. The van der Waals surface area contributed by atoms with Crippen LogP contribution in [0.4, 0.5) is 4.79 Å². The van der Waals surface area contributed by atoms with Gasteiger partial charge in [0.15, 0.2) is 6.10 Å². The normalized spacial score (nSPS) is 20.4. The fourth-order valence-corrected chi connectivity index (χ4v) is 4.86. The molecule has 1 unspecified atom stereocenters. The molecule has 2 aliphatic carbocycles. The molecular weight excluding hydrogens is 436 g/mol. The first-order chi connectivity index (χ1) is 16.5. The number of hydrogen-bond acceptors (Lipinski definition) is 5. The molecule has 4 rings (SSSR count). The summed E-state index contributed by atoms with van der Waals surface area (Å²) < 4.78 is 5.65. The van der Waals surface area contributed by atoms with E-state index in [-0.39, 0.29) is 12.5 Å². The molecule has 3 N–H and O–H groups in total. The highest BCUT2D eigenvalue weighted by molar-refractivity contribution is 5.81. The summed E-state index contributed by atoms with van der Waals surface area (Å²) in [6.07, 6.45) is 2.16. The minimum absolute atomic E-state index is 0.0442. The number of fused-ring (bicyclic) bond motifs is 3. The second-order valence-corrected chi connectivity index (χ2v) is 8.89. The van der Waals surface area contributed by atoms with Crippen LogP contribution in [0.3, 0.4) is 0 Å². The number of amides is 2. The molecule has 0 aromatic heterocycles. The topological polar surface area (TPSA) is 114 Å². The van der Waals surface area contributed by atoms with Gasteiger partial charge in [-0.05, 0) is 42.0 Å². The maximum absolute atomic E-state index is 12.8. The van der Waals surface area contributed by atoms with E-state index in [2.05, 4.69) is 35.1 Å². The van der Waals surface area contributed by atoms with Gasteiger partial charge in [-0.3, -0.25) is 9.63 Å². The van der Waals surface area contributed by atoms with Crippen molar-refractivity contribution >= 4 is 18.0 Å². The Kier molecular flexibility index (Phi) is 7.47. The lowest BCUT2D eigenvalue weighted by atomic mass is 9.94. The van der Waals surface area contributed by atoms with Crippen LogP contribution in [0.5, 0.6) is 0 Å². The van der Waals surface area contributed by atoms with E-state index in [0.717, 1.165) is 41.5 Å². The van der Waals surface area contributed by atoms with Crippen molar-refractivity contribution in [3.05, 3.63) is 59.7 Å². The summed E-state index contributed by atoms with van der Waals surface area (Å²) in [4.78, 5) is 41.3. The average molecular weight is 467 g/mol. The van der Waals surface area contributed by atoms with Gasteiger partial charge in [-0.1, -0.05) is 67.8 Å². The first-order valence-corrected chi connectivity index (χ1v) is 11.8. The lowest BCUT2D eigenvalue weighted by molar-refractivity contribution is -0.160. The van der Waals surface area contributed by atoms with Crippen LogP contribution in [-0.2, 0) is 19.2 Å². The van der Waals surface area contributed by atoms with Gasteiger partial charge in [0.2, 0.25) is 5.91 Å². The molecule has 8 heteroatoms. The Morgan fingerprint density at radius 3 is 2.24 bits per heavy atom. The van der Waals surface area contributed by atoms with Gasteiger partial charge in [-0.15, -0.1) is 0 Å². The maximum atomic E-state index is 12.8. The van der Waals surface area contributed by atoms with E-state index in [4.69, 9.17) is 14.7 Å². The molecule has 34 heavy (non-hydrogen) atoms. The maximum Gasteiger partial charge on any atom is 0.407 e. The van der Waals surface area contributed by atoms with E-state index in [1.54, 1.807) is 0 Å². The van der Waals surface area contributed by atoms with Gasteiger partial charge in [0, 0.05) is 12.0 Å². The number of carbonyl (C=O) groups excluding carboxylic acids is 2. The molecule has 2 amide bonds. The van der Waals surface area contributed by atoms with Crippen LogP contribution in [0.15, 0.2) is 48.5 Å². The van der Waals surface area contributed by atoms with Gasteiger partial charge in [-0.25, -0.2) is 15.1 Å². The molecule has 0 heterocycles. The quantitative estimate of drug-likeness (QED) is 0.420. The van der Waals surface area contributed by atoms with Crippen LogP contribution in [0, 0.1) is 5.92 Å². The highest BCUT2D eigenvalue weighted by Gasteiger charge is 2.33. The standard InChI is InChI=1S/C26H30N2O6/c1-16(25(30)31)34-28-24(29)21-13-3-2-4-14-23(21)27-26(32)33-15-22-19-11-7-5-9-17(19)18-10-6-8-12-20(18)22/h5-12,16,21-23H,2-4,13-15H2,1H3,(H,27,32)(H,28,29)(H,30,31)/t16?,21-,23+/m1/s1. The van der Waals surface area contributed by atoms with Gasteiger partial charge >= 0.3 is 12.1 Å². The Morgan fingerprint density at radius 1 is 0.971 bits per heavy atom. The summed E-state index contributed by atoms with van der Waals surface area (Å²) in [6.45, 7) is 1.53. The summed E-state index contributed by atoms with van der Waals surface area (Å²) >= 11 is 0. The van der Waals surface area contributed by atoms with Crippen molar-refractivity contribution < 1.29 is 29.1 Å². The number of carbonyl (C=O) groups is 3. The second-order valence-electron chi connectivity index (χ2n) is 8.89. The summed E-state index contributed by atoms with van der Waals surface area (Å²) in [7, 11) is 0. The minimum Gasteiger partial charge on any atom is -0.479 e. The molecule has 2 aromatic rings. The number of carboxylic acid groups (broad SMARTS) is 1. The highest BCUT2D eigenvalue weighted by atomic mass is 16.7. The number of benzene rings is 2. The summed E-state index contributed by atoms with van der Waals surface area (Å²) in [5.74, 6) is -2.17. The van der Waals surface area contributed by atoms with Gasteiger partial charge in [0.25, 0.3) is 0 Å². The number of aliphatic carboxylic acids is 1. The van der Waals surface area contributed by atoms with Gasteiger partial charge in [0.05, 0.1) is 5.92 Å². The van der Waals surface area contributed by atoms with E-state index in [1.807, 2.05) is 24.3 Å². The predicted molar refractivity (Wildman–Crippen MR) is 125 cm³/mol. The number of hydroxylamine groups is 1. The predicted octanol–water partition coefficient (Wildman–Crippen LogP) is 3.99. The van der Waals surface area contributed by atoms with Crippen LogP contribution in [0.25, 0.3) is 11.1 Å². The minimum atomic E-state index is -1.17. The zero-order valence-corrected chi connectivity index (χ0v) is 19.2. The molecule has 1 fully saturated rings. The molecule has 0 bridgehead atoms. The van der Waals surface area contributed by atoms with Crippen molar-refractivity contribution in [1.82, 2.24) is 10.8 Å². The van der Waals surface area contributed by atoms with Crippen molar-refractivity contribution in [2.75, 3.05) is 6.61 Å². The average Bonchev–Trinajstić information content (AvgIpc) is 2.97. The molecule has 3 atom stereocenters. The molecule has 0 aliphatic heterocycles. The smallest absolute Gasteiger partial charge is 0.407 e. The van der Waals surface area contributed by atoms with Crippen molar-refractivity contribution in [3.8, 4) is 11.1 Å². The Bertz CT molecular complexity index is 1010. The third kappa shape index (κ3) is 5.22. The third-order valence-electron chi connectivity index (χ3n) is 6.68. The molecule has 2 aliphatic rings. The Morgan fingerprint density at radius 2 is 1.59 bits per heavy atom. The van der Waals surface area contributed by atoms with Gasteiger partial charge in [-0.2, -0.15) is 0 Å². The molecule has 2 aromatic carbocycles.